The van der Waals surface area contributed by atoms with Crippen molar-refractivity contribution in [1.29, 1.82) is 0 Å². The minimum Gasteiger partial charge on any atom is -0.349 e. The molecule has 1 atom stereocenters. The largest absolute Gasteiger partial charge is 0.349 e. The zero-order valence-electron chi connectivity index (χ0n) is 19.1. The van der Waals surface area contributed by atoms with Crippen LogP contribution in [0.5, 0.6) is 0 Å². The van der Waals surface area contributed by atoms with Gasteiger partial charge in [-0.1, -0.05) is 30.3 Å². The summed E-state index contributed by atoms with van der Waals surface area (Å²) in [6.45, 7) is 2.98. The second-order valence-electron chi connectivity index (χ2n) is 8.74. The third kappa shape index (κ3) is 4.68. The molecule has 2 aromatic heterocycles. The molecule has 6 nitrogen and oxygen atoms in total. The summed E-state index contributed by atoms with van der Waals surface area (Å²) in [5.41, 5.74) is 2.07. The fourth-order valence-corrected chi connectivity index (χ4v) is 5.36. The number of hydrogen-bond acceptors (Lipinski definition) is 5. The number of benzene rings is 2. The molecule has 1 saturated heterocycles. The van der Waals surface area contributed by atoms with Crippen molar-refractivity contribution in [3.63, 3.8) is 0 Å². The van der Waals surface area contributed by atoms with Gasteiger partial charge in [0, 0.05) is 35.5 Å². The highest BCUT2D eigenvalue weighted by molar-refractivity contribution is 7.17. The molecule has 1 fully saturated rings. The van der Waals surface area contributed by atoms with Crippen LogP contribution in [0, 0.1) is 17.6 Å². The minimum atomic E-state index is -0.363. The van der Waals surface area contributed by atoms with Gasteiger partial charge >= 0.3 is 0 Å². The van der Waals surface area contributed by atoms with Gasteiger partial charge in [-0.05, 0) is 43.5 Å². The molecular formula is C26H24F2N4O2S. The predicted molar refractivity (Wildman–Crippen MR) is 134 cm³/mol. The summed E-state index contributed by atoms with van der Waals surface area (Å²) in [5, 5.41) is 4.77. The molecule has 0 radical (unpaired) electrons. The fraction of sp³-hybridized carbons (Fsp3) is 0.269. The van der Waals surface area contributed by atoms with Crippen molar-refractivity contribution in [2.24, 2.45) is 5.92 Å². The van der Waals surface area contributed by atoms with Crippen molar-refractivity contribution < 1.29 is 13.6 Å². The second kappa shape index (κ2) is 9.58. The lowest BCUT2D eigenvalue weighted by Crippen LogP contribution is -2.42. The SMILES string of the molecule is C[C@@H](NC(=O)C1CCN(c2nc3c(-c4ccccc4F)csc3c(=O)[nH]2)CC1)c1ccc(F)cc1. The van der Waals surface area contributed by atoms with E-state index in [0.29, 0.717) is 53.2 Å². The smallest absolute Gasteiger partial charge is 0.270 e. The van der Waals surface area contributed by atoms with Gasteiger partial charge in [0.05, 0.1) is 11.6 Å². The van der Waals surface area contributed by atoms with Crippen LogP contribution >= 0.6 is 11.3 Å². The van der Waals surface area contributed by atoms with E-state index in [1.165, 1.54) is 29.5 Å². The van der Waals surface area contributed by atoms with Gasteiger partial charge in [-0.25, -0.2) is 13.8 Å². The van der Waals surface area contributed by atoms with Gasteiger partial charge in [-0.15, -0.1) is 11.3 Å². The zero-order valence-corrected chi connectivity index (χ0v) is 19.9. The van der Waals surface area contributed by atoms with Gasteiger partial charge in [-0.3, -0.25) is 14.6 Å². The van der Waals surface area contributed by atoms with Crippen molar-refractivity contribution in [3.8, 4) is 11.1 Å². The number of piperidine rings is 1. The van der Waals surface area contributed by atoms with Crippen LogP contribution in [-0.2, 0) is 4.79 Å². The van der Waals surface area contributed by atoms with E-state index in [2.05, 4.69) is 15.3 Å². The highest BCUT2D eigenvalue weighted by Gasteiger charge is 2.27. The van der Waals surface area contributed by atoms with E-state index < -0.39 is 0 Å². The lowest BCUT2D eigenvalue weighted by Gasteiger charge is -2.32. The number of nitrogens with one attached hydrogen (secondary N) is 2. The first kappa shape index (κ1) is 23.2. The van der Waals surface area contributed by atoms with Crippen LogP contribution < -0.4 is 15.8 Å². The molecule has 5 rings (SSSR count). The normalized spacial score (nSPS) is 15.3. The molecule has 180 valence electrons. The zero-order chi connectivity index (χ0) is 24.5. The Bertz CT molecular complexity index is 1430. The second-order valence-corrected chi connectivity index (χ2v) is 9.62. The van der Waals surface area contributed by atoms with Crippen LogP contribution in [0.25, 0.3) is 21.3 Å². The van der Waals surface area contributed by atoms with E-state index in [1.807, 2.05) is 11.8 Å². The van der Waals surface area contributed by atoms with Crippen LogP contribution in [0.3, 0.4) is 0 Å². The number of hydrogen-bond donors (Lipinski definition) is 2. The molecule has 0 saturated carbocycles. The molecule has 4 aromatic rings. The lowest BCUT2D eigenvalue weighted by atomic mass is 9.95. The number of amides is 1. The summed E-state index contributed by atoms with van der Waals surface area (Å²) < 4.78 is 28.0. The van der Waals surface area contributed by atoms with Gasteiger partial charge < -0.3 is 10.2 Å². The first-order chi connectivity index (χ1) is 16.9. The Labute approximate surface area is 204 Å². The van der Waals surface area contributed by atoms with E-state index in [-0.39, 0.29) is 35.1 Å². The van der Waals surface area contributed by atoms with E-state index in [9.17, 15) is 18.4 Å². The first-order valence-corrected chi connectivity index (χ1v) is 12.4. The quantitative estimate of drug-likeness (QED) is 0.408. The summed E-state index contributed by atoms with van der Waals surface area (Å²) in [6, 6.07) is 12.3. The molecule has 0 spiro atoms. The van der Waals surface area contributed by atoms with Crippen molar-refractivity contribution in [1.82, 2.24) is 15.3 Å². The molecule has 1 amide bonds. The van der Waals surface area contributed by atoms with E-state index in [4.69, 9.17) is 0 Å². The third-order valence-corrected chi connectivity index (χ3v) is 7.44. The molecule has 35 heavy (non-hydrogen) atoms. The van der Waals surface area contributed by atoms with Gasteiger partial charge in [0.15, 0.2) is 0 Å². The Hall–Kier alpha value is -3.59. The first-order valence-electron chi connectivity index (χ1n) is 11.5. The molecule has 2 N–H and O–H groups in total. The third-order valence-electron chi connectivity index (χ3n) is 6.47. The highest BCUT2D eigenvalue weighted by Crippen LogP contribution is 2.33. The Kier molecular flexibility index (Phi) is 6.34. The van der Waals surface area contributed by atoms with Gasteiger partial charge in [0.2, 0.25) is 11.9 Å². The number of aromatic nitrogens is 2. The molecular weight excluding hydrogens is 470 g/mol. The summed E-state index contributed by atoms with van der Waals surface area (Å²) in [4.78, 5) is 35.0. The van der Waals surface area contributed by atoms with Crippen LogP contribution in [0.4, 0.5) is 14.7 Å². The molecule has 0 bridgehead atoms. The molecule has 1 aliphatic rings. The van der Waals surface area contributed by atoms with Crippen LogP contribution in [0.2, 0.25) is 0 Å². The number of rotatable bonds is 5. The predicted octanol–water partition coefficient (Wildman–Crippen LogP) is 5.02. The number of halogens is 2. The fourth-order valence-electron chi connectivity index (χ4n) is 4.46. The summed E-state index contributed by atoms with van der Waals surface area (Å²) in [7, 11) is 0. The van der Waals surface area contributed by atoms with Crippen LogP contribution in [-0.4, -0.2) is 29.0 Å². The average molecular weight is 495 g/mol. The highest BCUT2D eigenvalue weighted by atomic mass is 32.1. The Morgan fingerprint density at radius 2 is 1.83 bits per heavy atom. The molecule has 0 aliphatic carbocycles. The van der Waals surface area contributed by atoms with Gasteiger partial charge in [0.25, 0.3) is 5.56 Å². The topological polar surface area (TPSA) is 78.1 Å². The maximum absolute atomic E-state index is 14.4. The number of H-pyrrole nitrogens is 1. The van der Waals surface area contributed by atoms with E-state index >= 15 is 0 Å². The van der Waals surface area contributed by atoms with Crippen molar-refractivity contribution in [3.05, 3.63) is 81.5 Å². The number of anilines is 1. The van der Waals surface area contributed by atoms with Crippen molar-refractivity contribution >= 4 is 33.4 Å². The number of carbonyl (C=O) groups excluding carboxylic acids is 1. The maximum Gasteiger partial charge on any atom is 0.270 e. The van der Waals surface area contributed by atoms with Crippen molar-refractivity contribution in [2.45, 2.75) is 25.8 Å². The molecule has 1 aliphatic heterocycles. The van der Waals surface area contributed by atoms with Crippen LogP contribution in [0.15, 0.2) is 58.7 Å². The molecule has 3 heterocycles. The number of thiophene rings is 1. The van der Waals surface area contributed by atoms with Gasteiger partial charge in [-0.2, -0.15) is 0 Å². The monoisotopic (exact) mass is 494 g/mol. The summed E-state index contributed by atoms with van der Waals surface area (Å²) >= 11 is 1.24. The molecule has 9 heteroatoms. The number of carbonyl (C=O) groups is 1. The summed E-state index contributed by atoms with van der Waals surface area (Å²) in [5.74, 6) is -0.458. The standard InChI is InChI=1S/C26H24F2N4O2S/c1-15(16-6-8-18(27)9-7-16)29-24(33)17-10-12-32(13-11-17)26-30-22-20(14-35-23(22)25(34)31-26)19-4-2-3-5-21(19)28/h2-9,14-15,17H,10-13H2,1H3,(H,29,33)(H,30,31,34)/t15-/m1/s1. The lowest BCUT2D eigenvalue weighted by molar-refractivity contribution is -0.126. The summed E-state index contributed by atoms with van der Waals surface area (Å²) in [6.07, 6.45) is 1.21. The molecule has 0 unspecified atom stereocenters. The Balaban J connectivity index is 1.29. The average Bonchev–Trinajstić information content (AvgIpc) is 3.29. The Morgan fingerprint density at radius 3 is 2.54 bits per heavy atom. The van der Waals surface area contributed by atoms with Crippen molar-refractivity contribution in [2.75, 3.05) is 18.0 Å². The molecule has 2 aromatic carbocycles. The van der Waals surface area contributed by atoms with E-state index in [1.54, 1.807) is 35.7 Å². The number of fused-ring (bicyclic) bond motifs is 1. The maximum atomic E-state index is 14.4. The number of nitrogens with zero attached hydrogens (tertiary/aromatic N) is 2. The minimum absolute atomic E-state index is 0.0435. The van der Waals surface area contributed by atoms with Crippen LogP contribution in [0.1, 0.15) is 31.4 Å². The van der Waals surface area contributed by atoms with E-state index in [0.717, 1.165) is 5.56 Å². The Morgan fingerprint density at radius 1 is 1.11 bits per heavy atom. The van der Waals surface area contributed by atoms with Gasteiger partial charge in [0.1, 0.15) is 16.3 Å². The number of aromatic amines is 1.